The molecule has 0 N–H and O–H groups in total. The summed E-state index contributed by atoms with van der Waals surface area (Å²) in [5.74, 6) is 0. The van der Waals surface area contributed by atoms with Crippen LogP contribution in [0.4, 0.5) is 26.3 Å². The Labute approximate surface area is 199 Å². The number of alkyl halides is 6. The summed E-state index contributed by atoms with van der Waals surface area (Å²) in [4.78, 5) is 0. The first-order valence-electron chi connectivity index (χ1n) is 10.9. The average molecular weight is 484 g/mol. The van der Waals surface area contributed by atoms with Gasteiger partial charge >= 0.3 is 12.4 Å². The molecule has 0 saturated heterocycles. The quantitative estimate of drug-likeness (QED) is 0.254. The first-order valence-corrected chi connectivity index (χ1v) is 10.9. The highest BCUT2D eigenvalue weighted by atomic mass is 19.4. The second-order valence-electron chi connectivity index (χ2n) is 8.54. The molecule has 180 valence electrons. The van der Waals surface area contributed by atoms with Crippen molar-refractivity contribution in [1.29, 1.82) is 0 Å². The summed E-state index contributed by atoms with van der Waals surface area (Å²) in [5, 5.41) is 0. The Hall–Kier alpha value is -3.54. The van der Waals surface area contributed by atoms with Gasteiger partial charge in [0.25, 0.3) is 0 Å². The highest BCUT2D eigenvalue weighted by Crippen LogP contribution is 2.57. The van der Waals surface area contributed by atoms with E-state index in [1.165, 1.54) is 12.1 Å². The van der Waals surface area contributed by atoms with Crippen molar-refractivity contribution < 1.29 is 26.3 Å². The van der Waals surface area contributed by atoms with Gasteiger partial charge in [-0.15, -0.1) is 0 Å². The molecule has 0 bridgehead atoms. The molecule has 4 aromatic carbocycles. The van der Waals surface area contributed by atoms with Crippen molar-refractivity contribution in [3.8, 4) is 22.3 Å². The number of halogens is 6. The number of hydrogen-bond donors (Lipinski definition) is 0. The lowest BCUT2D eigenvalue weighted by molar-refractivity contribution is -0.288. The van der Waals surface area contributed by atoms with Crippen LogP contribution in [0, 0.1) is 13.8 Å². The summed E-state index contributed by atoms with van der Waals surface area (Å²) in [7, 11) is 0. The third-order valence-corrected chi connectivity index (χ3v) is 6.36. The van der Waals surface area contributed by atoms with Crippen LogP contribution in [-0.4, -0.2) is 12.4 Å². The minimum atomic E-state index is -5.66. The molecular formula is C29H22F6. The molecule has 35 heavy (non-hydrogen) atoms. The molecule has 0 nitrogen and oxygen atoms in total. The Bertz CT molecular complexity index is 1210. The Kier molecular flexibility index (Phi) is 6.26. The summed E-state index contributed by atoms with van der Waals surface area (Å²) in [6, 6.07) is 23.4. The van der Waals surface area contributed by atoms with Crippen molar-refractivity contribution in [2.24, 2.45) is 0 Å². The van der Waals surface area contributed by atoms with Crippen LogP contribution in [0.2, 0.25) is 0 Å². The maximum absolute atomic E-state index is 14.8. The van der Waals surface area contributed by atoms with E-state index >= 15 is 0 Å². The van der Waals surface area contributed by atoms with Gasteiger partial charge in [0.05, 0.1) is 0 Å². The van der Waals surface area contributed by atoms with Crippen molar-refractivity contribution in [2.75, 3.05) is 0 Å². The van der Waals surface area contributed by atoms with E-state index in [0.717, 1.165) is 24.3 Å². The van der Waals surface area contributed by atoms with Gasteiger partial charge in [0, 0.05) is 0 Å². The molecule has 0 amide bonds. The van der Waals surface area contributed by atoms with Crippen LogP contribution >= 0.6 is 0 Å². The second-order valence-corrected chi connectivity index (χ2v) is 8.54. The lowest BCUT2D eigenvalue weighted by atomic mass is 9.71. The highest BCUT2D eigenvalue weighted by molar-refractivity contribution is 5.71. The molecule has 0 aromatic heterocycles. The smallest absolute Gasteiger partial charge is 0.169 e. The average Bonchev–Trinajstić information content (AvgIpc) is 2.81. The molecule has 4 rings (SSSR count). The topological polar surface area (TPSA) is 0 Å². The molecule has 0 aliphatic rings. The fourth-order valence-corrected chi connectivity index (χ4v) is 4.55. The van der Waals surface area contributed by atoms with Gasteiger partial charge in [-0.25, -0.2) is 0 Å². The largest absolute Gasteiger partial charge is 0.411 e. The van der Waals surface area contributed by atoms with Gasteiger partial charge in [0.2, 0.25) is 5.41 Å². The number of aryl methyl sites for hydroxylation is 2. The fourth-order valence-electron chi connectivity index (χ4n) is 4.55. The minimum Gasteiger partial charge on any atom is -0.169 e. The van der Waals surface area contributed by atoms with E-state index in [9.17, 15) is 26.3 Å². The normalized spacial score (nSPS) is 12.6. The molecule has 0 saturated carbocycles. The zero-order valence-corrected chi connectivity index (χ0v) is 19.0. The molecule has 0 heterocycles. The van der Waals surface area contributed by atoms with Crippen molar-refractivity contribution in [3.05, 3.63) is 119 Å². The van der Waals surface area contributed by atoms with E-state index in [2.05, 4.69) is 0 Å². The van der Waals surface area contributed by atoms with Gasteiger partial charge < -0.3 is 0 Å². The van der Waals surface area contributed by atoms with E-state index in [1.807, 2.05) is 0 Å². The molecule has 0 aliphatic heterocycles. The maximum Gasteiger partial charge on any atom is 0.411 e. The lowest BCUT2D eigenvalue weighted by Crippen LogP contribution is -2.54. The summed E-state index contributed by atoms with van der Waals surface area (Å²) in [6.07, 6.45) is -11.3. The predicted molar refractivity (Wildman–Crippen MR) is 126 cm³/mol. The molecule has 0 atom stereocenters. The molecule has 0 radical (unpaired) electrons. The maximum atomic E-state index is 14.8. The van der Waals surface area contributed by atoms with Crippen molar-refractivity contribution >= 4 is 0 Å². The summed E-state index contributed by atoms with van der Waals surface area (Å²) in [6.45, 7) is 3.32. The first-order chi connectivity index (χ1) is 16.5. The van der Waals surface area contributed by atoms with Gasteiger partial charge in [-0.2, -0.15) is 26.3 Å². The van der Waals surface area contributed by atoms with Gasteiger partial charge in [0.15, 0.2) is 0 Å². The standard InChI is InChI=1S/C29H22F6/c1-19-13-15-23(17-25(19)21-9-5-3-6-10-21)27(28(30,31)32,29(33,34)35)24-16-14-20(2)26(18-24)22-11-7-4-8-12-22/h3-18H,1-2H3. The lowest BCUT2D eigenvalue weighted by Gasteiger charge is -2.39. The van der Waals surface area contributed by atoms with E-state index in [4.69, 9.17) is 0 Å². The van der Waals surface area contributed by atoms with Crippen LogP contribution in [-0.2, 0) is 5.41 Å². The Morgan fingerprint density at radius 1 is 0.457 bits per heavy atom. The molecule has 0 spiro atoms. The summed E-state index contributed by atoms with van der Waals surface area (Å²) >= 11 is 0. The summed E-state index contributed by atoms with van der Waals surface area (Å²) in [5.41, 5.74) is -3.09. The Morgan fingerprint density at radius 3 is 1.11 bits per heavy atom. The van der Waals surface area contributed by atoms with Crippen LogP contribution < -0.4 is 0 Å². The molecule has 6 heteroatoms. The third-order valence-electron chi connectivity index (χ3n) is 6.36. The van der Waals surface area contributed by atoms with E-state index in [0.29, 0.717) is 33.4 Å². The number of benzene rings is 4. The predicted octanol–water partition coefficient (Wildman–Crippen LogP) is 9.05. The number of rotatable bonds is 4. The van der Waals surface area contributed by atoms with Crippen LogP contribution in [0.25, 0.3) is 22.3 Å². The van der Waals surface area contributed by atoms with Crippen LogP contribution in [0.3, 0.4) is 0 Å². The van der Waals surface area contributed by atoms with E-state index < -0.39 is 28.9 Å². The van der Waals surface area contributed by atoms with Crippen LogP contribution in [0.15, 0.2) is 97.1 Å². The Balaban J connectivity index is 2.06. The zero-order chi connectivity index (χ0) is 25.4. The second kappa shape index (κ2) is 8.91. The number of hydrogen-bond acceptors (Lipinski definition) is 0. The van der Waals surface area contributed by atoms with Crippen molar-refractivity contribution in [2.45, 2.75) is 31.6 Å². The van der Waals surface area contributed by atoms with Crippen LogP contribution in [0.1, 0.15) is 22.3 Å². The molecule has 0 aliphatic carbocycles. The minimum absolute atomic E-state index is 0.316. The van der Waals surface area contributed by atoms with Gasteiger partial charge in [-0.05, 0) is 70.5 Å². The van der Waals surface area contributed by atoms with Gasteiger partial charge in [0.1, 0.15) is 0 Å². The van der Waals surface area contributed by atoms with Crippen molar-refractivity contribution in [3.63, 3.8) is 0 Å². The SMILES string of the molecule is Cc1ccc(C(c2ccc(C)c(-c3ccccc3)c2)(C(F)(F)F)C(F)(F)F)cc1-c1ccccc1. The zero-order valence-electron chi connectivity index (χ0n) is 19.0. The fraction of sp³-hybridized carbons (Fsp3) is 0.172. The third kappa shape index (κ3) is 4.22. The van der Waals surface area contributed by atoms with Gasteiger partial charge in [-0.3, -0.25) is 0 Å². The monoisotopic (exact) mass is 484 g/mol. The molecular weight excluding hydrogens is 462 g/mol. The van der Waals surface area contributed by atoms with Gasteiger partial charge in [-0.1, -0.05) is 84.9 Å². The van der Waals surface area contributed by atoms with E-state index in [-0.39, 0.29) is 0 Å². The van der Waals surface area contributed by atoms with E-state index in [1.54, 1.807) is 74.5 Å². The van der Waals surface area contributed by atoms with Crippen LogP contribution in [0.5, 0.6) is 0 Å². The highest BCUT2D eigenvalue weighted by Gasteiger charge is 2.72. The summed E-state index contributed by atoms with van der Waals surface area (Å²) < 4.78 is 88.8. The first kappa shape index (κ1) is 24.6. The molecule has 0 fully saturated rings. The molecule has 0 unspecified atom stereocenters. The molecule has 4 aromatic rings. The Morgan fingerprint density at radius 2 is 0.800 bits per heavy atom. The van der Waals surface area contributed by atoms with Crippen molar-refractivity contribution in [1.82, 2.24) is 0 Å².